The number of nitrogens with one attached hydrogen (secondary N) is 1. The van der Waals surface area contributed by atoms with E-state index in [2.05, 4.69) is 32.3 Å². The Morgan fingerprint density at radius 3 is 2.75 bits per heavy atom. The summed E-state index contributed by atoms with van der Waals surface area (Å²) >= 11 is 0. The monoisotopic (exact) mass is 530 g/mol. The number of anilines is 1. The third-order valence-corrected chi connectivity index (χ3v) is 6.32. The van der Waals surface area contributed by atoms with Crippen molar-refractivity contribution in [2.75, 3.05) is 5.73 Å². The fraction of sp³-hybridized carbons (Fsp3) is 0.100. The molecule has 6 aromatic rings. The maximum Gasteiger partial charge on any atom is 0.264 e. The molecule has 0 aliphatic rings. The van der Waals surface area contributed by atoms with E-state index in [1.54, 1.807) is 84.9 Å². The van der Waals surface area contributed by atoms with Crippen LogP contribution in [0.4, 0.5) is 5.82 Å². The SMILES string of the molecule is [2H]c1c(C([2H])(C)NC(=O)c2c(N)nn3cccnc23)n(-c2ccccc2)c(=O)c2c(C#Cc3cnn(C)c3)cccc12. The van der Waals surface area contributed by atoms with E-state index in [1.165, 1.54) is 22.2 Å². The van der Waals surface area contributed by atoms with E-state index in [1.807, 2.05) is 0 Å². The quantitative estimate of drug-likeness (QED) is 0.337. The lowest BCUT2D eigenvalue weighted by molar-refractivity contribution is 0.0941. The molecule has 0 radical (unpaired) electrons. The molecule has 0 aliphatic heterocycles. The van der Waals surface area contributed by atoms with Gasteiger partial charge < -0.3 is 11.1 Å². The Kier molecular flexibility index (Phi) is 5.51. The molecule has 0 saturated heterocycles. The number of amides is 1. The van der Waals surface area contributed by atoms with Gasteiger partial charge in [0.25, 0.3) is 11.5 Å². The van der Waals surface area contributed by atoms with Crippen LogP contribution >= 0.6 is 0 Å². The minimum Gasteiger partial charge on any atom is -0.381 e. The largest absolute Gasteiger partial charge is 0.381 e. The van der Waals surface area contributed by atoms with Crippen LogP contribution in [0.5, 0.6) is 0 Å². The first kappa shape index (κ1) is 22.3. The molecule has 10 nitrogen and oxygen atoms in total. The fourth-order valence-corrected chi connectivity index (χ4v) is 4.51. The molecular formula is C30H24N8O2. The van der Waals surface area contributed by atoms with Gasteiger partial charge in [-0.2, -0.15) is 5.10 Å². The highest BCUT2D eigenvalue weighted by Crippen LogP contribution is 2.24. The lowest BCUT2D eigenvalue weighted by atomic mass is 10.0. The van der Waals surface area contributed by atoms with E-state index in [9.17, 15) is 12.3 Å². The predicted molar refractivity (Wildman–Crippen MR) is 152 cm³/mol. The molecule has 4 heterocycles. The molecule has 40 heavy (non-hydrogen) atoms. The minimum atomic E-state index is -1.97. The second-order valence-electron chi connectivity index (χ2n) is 9.06. The van der Waals surface area contributed by atoms with E-state index in [4.69, 9.17) is 5.73 Å². The topological polar surface area (TPSA) is 125 Å². The van der Waals surface area contributed by atoms with Gasteiger partial charge in [-0.1, -0.05) is 42.2 Å². The number of nitrogens with two attached hydrogens (primary N) is 1. The summed E-state index contributed by atoms with van der Waals surface area (Å²) < 4.78 is 22.8. The van der Waals surface area contributed by atoms with Crippen molar-refractivity contribution in [3.05, 3.63) is 118 Å². The first-order chi connectivity index (χ1) is 20.2. The van der Waals surface area contributed by atoms with Crippen LogP contribution in [0.25, 0.3) is 22.1 Å². The summed E-state index contributed by atoms with van der Waals surface area (Å²) in [4.78, 5) is 32.0. The number of nitrogens with zero attached hydrogens (tertiary/aromatic N) is 6. The molecule has 6 rings (SSSR count). The molecule has 0 saturated carbocycles. The molecule has 4 aromatic heterocycles. The number of aryl methyl sites for hydroxylation is 1. The van der Waals surface area contributed by atoms with Crippen molar-refractivity contribution < 1.29 is 7.54 Å². The highest BCUT2D eigenvalue weighted by molar-refractivity contribution is 6.04. The first-order valence-corrected chi connectivity index (χ1v) is 12.3. The molecule has 0 aliphatic carbocycles. The highest BCUT2D eigenvalue weighted by atomic mass is 16.2. The summed E-state index contributed by atoms with van der Waals surface area (Å²) in [5.74, 6) is 5.29. The smallest absolute Gasteiger partial charge is 0.264 e. The molecule has 0 bridgehead atoms. The van der Waals surface area contributed by atoms with E-state index in [0.717, 1.165) is 0 Å². The van der Waals surface area contributed by atoms with Crippen LogP contribution in [0.1, 0.15) is 42.9 Å². The lowest BCUT2D eigenvalue weighted by Gasteiger charge is -2.21. The molecule has 1 unspecified atom stereocenters. The van der Waals surface area contributed by atoms with Crippen LogP contribution in [0, 0.1) is 11.8 Å². The second kappa shape index (κ2) is 9.89. The maximum atomic E-state index is 14.3. The van der Waals surface area contributed by atoms with Crippen molar-refractivity contribution in [2.45, 2.75) is 12.9 Å². The summed E-state index contributed by atoms with van der Waals surface area (Å²) in [7, 11) is 1.78. The number of para-hydroxylation sites is 1. The molecule has 1 amide bonds. The van der Waals surface area contributed by atoms with Crippen LogP contribution in [0.2, 0.25) is 0 Å². The van der Waals surface area contributed by atoms with Crippen LogP contribution in [0.3, 0.4) is 0 Å². The van der Waals surface area contributed by atoms with Crippen molar-refractivity contribution in [2.24, 2.45) is 7.05 Å². The number of carbonyl (C=O) groups is 1. The zero-order valence-corrected chi connectivity index (χ0v) is 21.6. The van der Waals surface area contributed by atoms with Crippen molar-refractivity contribution in [3.8, 4) is 17.5 Å². The number of hydrogen-bond donors (Lipinski definition) is 2. The van der Waals surface area contributed by atoms with Crippen molar-refractivity contribution in [1.82, 2.24) is 34.3 Å². The van der Waals surface area contributed by atoms with Gasteiger partial charge in [-0.3, -0.25) is 18.8 Å². The molecule has 0 spiro atoms. The predicted octanol–water partition coefficient (Wildman–Crippen LogP) is 3.24. The molecule has 1 atom stereocenters. The van der Waals surface area contributed by atoms with Gasteiger partial charge >= 0.3 is 0 Å². The third kappa shape index (κ3) is 4.35. The Balaban J connectivity index is 1.56. The lowest BCUT2D eigenvalue weighted by Crippen LogP contribution is -2.32. The van der Waals surface area contributed by atoms with E-state index in [-0.39, 0.29) is 34.2 Å². The van der Waals surface area contributed by atoms with Crippen LogP contribution in [0.15, 0.2) is 90.2 Å². The highest BCUT2D eigenvalue weighted by Gasteiger charge is 2.23. The molecule has 10 heteroatoms. The number of aromatic nitrogens is 6. The molecule has 0 fully saturated rings. The molecule has 196 valence electrons. The average Bonchev–Trinajstić information content (AvgIpc) is 3.54. The number of hydrogen-bond acceptors (Lipinski definition) is 6. The number of pyridine rings is 1. The Bertz CT molecular complexity index is 2140. The minimum absolute atomic E-state index is 0.0111. The van der Waals surface area contributed by atoms with Gasteiger partial charge in [-0.15, -0.1) is 5.10 Å². The first-order valence-electron chi connectivity index (χ1n) is 13.3. The fourth-order valence-electron chi connectivity index (χ4n) is 4.51. The van der Waals surface area contributed by atoms with Crippen LogP contribution in [-0.2, 0) is 7.05 Å². The van der Waals surface area contributed by atoms with E-state index >= 15 is 0 Å². The van der Waals surface area contributed by atoms with Crippen LogP contribution in [-0.4, -0.2) is 34.9 Å². The Morgan fingerprint density at radius 2 is 1.98 bits per heavy atom. The Morgan fingerprint density at radius 1 is 1.15 bits per heavy atom. The number of benzene rings is 2. The van der Waals surface area contributed by atoms with Gasteiger partial charge in [0.15, 0.2) is 11.5 Å². The average molecular weight is 531 g/mol. The van der Waals surface area contributed by atoms with Gasteiger partial charge in [-0.25, -0.2) is 9.50 Å². The summed E-state index contributed by atoms with van der Waals surface area (Å²) in [6, 6.07) is 13.3. The number of carbonyl (C=O) groups excluding carboxylic acids is 1. The molecular weight excluding hydrogens is 504 g/mol. The number of nitrogen functional groups attached to an aromatic ring is 1. The van der Waals surface area contributed by atoms with Gasteiger partial charge in [0.05, 0.1) is 25.9 Å². The second-order valence-corrected chi connectivity index (χ2v) is 9.06. The maximum absolute atomic E-state index is 14.3. The zero-order chi connectivity index (χ0) is 29.6. The van der Waals surface area contributed by atoms with Gasteiger partial charge in [0, 0.05) is 42.6 Å². The Labute approximate surface area is 231 Å². The third-order valence-electron chi connectivity index (χ3n) is 6.32. The summed E-state index contributed by atoms with van der Waals surface area (Å²) in [5, 5.41) is 11.4. The zero-order valence-electron chi connectivity index (χ0n) is 23.6. The van der Waals surface area contributed by atoms with E-state index < -0.39 is 17.5 Å². The standard InChI is InChI=1S/C30H24N8O2/c1-19(34-29(39)26-27(31)35-37-15-7-14-32-28(26)37)24-16-22-9-6-8-21(13-12-20-17-33-36(2)18-20)25(22)30(40)38(24)23-10-4-3-5-11-23/h3-11,14-19H,1-2H3,(H2,31,35)(H,34,39)/i16D,19D. The van der Waals surface area contributed by atoms with Crippen molar-refractivity contribution in [1.29, 1.82) is 0 Å². The summed E-state index contributed by atoms with van der Waals surface area (Å²) in [5.41, 5.74) is 7.24. The number of fused-ring (bicyclic) bond motifs is 2. The van der Waals surface area contributed by atoms with Crippen LogP contribution < -0.4 is 16.6 Å². The van der Waals surface area contributed by atoms with Crippen molar-refractivity contribution in [3.63, 3.8) is 0 Å². The Hall–Kier alpha value is -5.69. The summed E-state index contributed by atoms with van der Waals surface area (Å²) in [6.07, 6.45) is 6.48. The summed E-state index contributed by atoms with van der Waals surface area (Å²) in [6.45, 7) is 1.41. The van der Waals surface area contributed by atoms with Gasteiger partial charge in [0.1, 0.15) is 5.56 Å². The number of rotatable bonds is 4. The van der Waals surface area contributed by atoms with Crippen molar-refractivity contribution >= 4 is 28.1 Å². The van der Waals surface area contributed by atoms with Gasteiger partial charge in [0.2, 0.25) is 0 Å². The molecule has 2 aromatic carbocycles. The molecule has 3 N–H and O–H groups in total. The van der Waals surface area contributed by atoms with E-state index in [0.29, 0.717) is 22.2 Å². The normalized spacial score (nSPS) is 13.2. The van der Waals surface area contributed by atoms with Gasteiger partial charge in [-0.05, 0) is 42.6 Å².